The van der Waals surface area contributed by atoms with Gasteiger partial charge in [0.05, 0.1) is 42.4 Å². The Kier molecular flexibility index (Phi) is 13.4. The summed E-state index contributed by atoms with van der Waals surface area (Å²) in [5.74, 6) is 0.171. The Balaban J connectivity index is 1.62. The van der Waals surface area contributed by atoms with Gasteiger partial charge in [-0.1, -0.05) is 25.1 Å². The molecule has 3 N–H and O–H groups in total. The zero-order valence-corrected chi connectivity index (χ0v) is 29.6. The minimum Gasteiger partial charge on any atom is -0.497 e. The second-order valence-electron chi connectivity index (χ2n) is 12.4. The Morgan fingerprint density at radius 1 is 1.04 bits per heavy atom. The molecule has 0 aromatic heterocycles. The van der Waals surface area contributed by atoms with Gasteiger partial charge in [0.2, 0.25) is 10.0 Å². The highest BCUT2D eigenvalue weighted by Gasteiger charge is 2.32. The van der Waals surface area contributed by atoms with Crippen LogP contribution in [0.15, 0.2) is 77.7 Å². The number of nitrogens with one attached hydrogen (secondary N) is 2. The minimum absolute atomic E-state index is 0.0474. The summed E-state index contributed by atoms with van der Waals surface area (Å²) < 4.78 is 46.1. The van der Waals surface area contributed by atoms with E-state index in [9.17, 15) is 23.1 Å². The van der Waals surface area contributed by atoms with Crippen molar-refractivity contribution in [2.24, 2.45) is 5.92 Å². The van der Waals surface area contributed by atoms with Gasteiger partial charge in [-0.05, 0) is 87.7 Å². The van der Waals surface area contributed by atoms with Crippen LogP contribution in [0.1, 0.15) is 50.4 Å². The number of nitrogens with zero attached hydrogens (tertiary/aromatic N) is 2. The first-order valence-corrected chi connectivity index (χ1v) is 17.9. The second kappa shape index (κ2) is 17.5. The Labute approximate surface area is 289 Å². The van der Waals surface area contributed by atoms with Gasteiger partial charge in [-0.2, -0.15) is 4.31 Å². The van der Waals surface area contributed by atoms with Crippen LogP contribution in [0.5, 0.6) is 11.5 Å². The van der Waals surface area contributed by atoms with Crippen molar-refractivity contribution in [3.63, 3.8) is 0 Å². The van der Waals surface area contributed by atoms with Crippen LogP contribution < -0.4 is 20.1 Å². The van der Waals surface area contributed by atoms with Gasteiger partial charge in [-0.25, -0.2) is 13.2 Å². The van der Waals surface area contributed by atoms with E-state index in [4.69, 9.17) is 14.2 Å². The average molecular weight is 697 g/mol. The number of carbonyl (C=O) groups is 2. The number of ether oxygens (including phenoxy) is 3. The summed E-state index contributed by atoms with van der Waals surface area (Å²) in [5.41, 5.74) is 1.22. The molecule has 0 radical (unpaired) electrons. The predicted molar refractivity (Wildman–Crippen MR) is 189 cm³/mol. The summed E-state index contributed by atoms with van der Waals surface area (Å²) in [4.78, 5) is 28.8. The highest BCUT2D eigenvalue weighted by molar-refractivity contribution is 7.89. The lowest BCUT2D eigenvalue weighted by Gasteiger charge is -2.35. The van der Waals surface area contributed by atoms with E-state index in [0.717, 1.165) is 12.8 Å². The van der Waals surface area contributed by atoms with E-state index in [1.54, 1.807) is 54.3 Å². The van der Waals surface area contributed by atoms with Crippen molar-refractivity contribution in [2.75, 3.05) is 51.1 Å². The smallest absolute Gasteiger partial charge is 0.323 e. The van der Waals surface area contributed by atoms with Crippen molar-refractivity contribution in [1.82, 2.24) is 9.21 Å². The lowest BCUT2D eigenvalue weighted by atomic mass is 10.0. The van der Waals surface area contributed by atoms with Gasteiger partial charge in [-0.3, -0.25) is 4.79 Å². The molecule has 4 rings (SSSR count). The number of sulfonamides is 1. The summed E-state index contributed by atoms with van der Waals surface area (Å²) in [7, 11) is -0.827. The molecule has 3 aromatic carbocycles. The van der Waals surface area contributed by atoms with Crippen molar-refractivity contribution in [1.29, 1.82) is 0 Å². The number of rotatable bonds is 9. The lowest BCUT2D eigenvalue weighted by molar-refractivity contribution is -0.00834. The number of carbonyl (C=O) groups excluding carboxylic acids is 2. The fraction of sp³-hybridized carbons (Fsp3) is 0.444. The predicted octanol–water partition coefficient (Wildman–Crippen LogP) is 5.46. The van der Waals surface area contributed by atoms with Crippen molar-refractivity contribution >= 4 is 33.3 Å². The molecule has 3 amide bonds. The van der Waals surface area contributed by atoms with Gasteiger partial charge in [0.1, 0.15) is 11.5 Å². The Hall–Kier alpha value is -4.17. The number of urea groups is 1. The maximum absolute atomic E-state index is 14.4. The van der Waals surface area contributed by atoms with E-state index < -0.39 is 34.1 Å². The molecular weight excluding hydrogens is 648 g/mol. The van der Waals surface area contributed by atoms with E-state index in [2.05, 4.69) is 10.6 Å². The topological polar surface area (TPSA) is 147 Å². The first kappa shape index (κ1) is 37.6. The largest absolute Gasteiger partial charge is 0.497 e. The maximum Gasteiger partial charge on any atom is 0.323 e. The van der Waals surface area contributed by atoms with Crippen LogP contribution in [0.3, 0.4) is 0 Å². The fourth-order valence-corrected chi connectivity index (χ4v) is 6.74. The van der Waals surface area contributed by atoms with Crippen LogP contribution in [0.4, 0.5) is 16.2 Å². The van der Waals surface area contributed by atoms with Gasteiger partial charge < -0.3 is 34.9 Å². The van der Waals surface area contributed by atoms with Gasteiger partial charge in [0.25, 0.3) is 5.91 Å². The molecule has 0 spiro atoms. The highest BCUT2D eigenvalue weighted by Crippen LogP contribution is 2.29. The van der Waals surface area contributed by atoms with Gasteiger partial charge in [0, 0.05) is 44.0 Å². The zero-order chi connectivity index (χ0) is 35.6. The molecule has 0 unspecified atom stereocenters. The summed E-state index contributed by atoms with van der Waals surface area (Å²) in [6.45, 7) is 5.87. The third-order valence-corrected chi connectivity index (χ3v) is 10.4. The number of amides is 3. The van der Waals surface area contributed by atoms with Gasteiger partial charge in [-0.15, -0.1) is 0 Å². The first-order chi connectivity index (χ1) is 23.4. The van der Waals surface area contributed by atoms with E-state index in [1.165, 1.54) is 30.6 Å². The molecule has 0 saturated heterocycles. The molecule has 13 heteroatoms. The number of hydrogen-bond acceptors (Lipinski definition) is 8. The number of methoxy groups -OCH3 is 1. The van der Waals surface area contributed by atoms with Crippen LogP contribution in [0.2, 0.25) is 0 Å². The first-order valence-electron chi connectivity index (χ1n) is 16.5. The molecule has 1 heterocycles. The normalized spacial score (nSPS) is 20.0. The monoisotopic (exact) mass is 696 g/mol. The van der Waals surface area contributed by atoms with Crippen molar-refractivity contribution in [3.05, 3.63) is 78.4 Å². The lowest BCUT2D eigenvalue weighted by Crippen LogP contribution is -2.48. The average Bonchev–Trinajstić information content (AvgIpc) is 3.09. The van der Waals surface area contributed by atoms with E-state index in [-0.39, 0.29) is 42.2 Å². The number of para-hydroxylation sites is 1. The fourth-order valence-electron chi connectivity index (χ4n) is 5.56. The van der Waals surface area contributed by atoms with E-state index in [1.807, 2.05) is 32.0 Å². The summed E-state index contributed by atoms with van der Waals surface area (Å²) in [5, 5.41) is 15.8. The van der Waals surface area contributed by atoms with Crippen molar-refractivity contribution < 1.29 is 37.3 Å². The van der Waals surface area contributed by atoms with Gasteiger partial charge in [0.15, 0.2) is 0 Å². The quantitative estimate of drug-likeness (QED) is 0.268. The molecule has 3 aromatic rings. The molecular formula is C36H48N4O8S. The third kappa shape index (κ3) is 10.2. The Bertz CT molecular complexity index is 1640. The highest BCUT2D eigenvalue weighted by atomic mass is 32.2. The van der Waals surface area contributed by atoms with Crippen LogP contribution in [0, 0.1) is 5.92 Å². The molecule has 1 aliphatic heterocycles. The molecule has 0 saturated carbocycles. The number of aliphatic hydroxyl groups excluding tert-OH is 1. The summed E-state index contributed by atoms with van der Waals surface area (Å²) in [6.07, 6.45) is 1.42. The molecule has 266 valence electrons. The minimum atomic E-state index is -3.85. The second-order valence-corrected chi connectivity index (χ2v) is 14.5. The van der Waals surface area contributed by atoms with E-state index in [0.29, 0.717) is 35.9 Å². The number of benzene rings is 3. The summed E-state index contributed by atoms with van der Waals surface area (Å²) >= 11 is 0. The zero-order valence-electron chi connectivity index (χ0n) is 28.8. The molecule has 0 bridgehead atoms. The molecule has 1 aliphatic rings. The van der Waals surface area contributed by atoms with Crippen LogP contribution >= 0.6 is 0 Å². The number of anilines is 2. The van der Waals surface area contributed by atoms with Crippen LogP contribution in [-0.4, -0.2) is 93.4 Å². The van der Waals surface area contributed by atoms with Crippen molar-refractivity contribution in [3.8, 4) is 11.5 Å². The standard InChI is InChI=1S/C36H48N4O8S/c1-25-22-40(26(2)24-41)35(42)32-21-29(38-36(43)37-28-12-7-6-8-13-28)14-19-33(32)48-27(3)11-9-10-20-47-34(25)23-39(4)49(44,45)31-17-15-30(46-5)16-18-31/h6-8,12-19,21,25-27,34,41H,9-11,20,22-24H2,1-5H3,(H2,37,38,43)/t25-,26-,27-,34+/m0/s1. The third-order valence-electron chi connectivity index (χ3n) is 8.55. The number of fused-ring (bicyclic) bond motifs is 1. The van der Waals surface area contributed by atoms with Crippen LogP contribution in [-0.2, 0) is 14.8 Å². The van der Waals surface area contributed by atoms with Crippen molar-refractivity contribution in [2.45, 2.75) is 63.2 Å². The number of hydrogen-bond donors (Lipinski definition) is 3. The number of likely N-dealkylation sites (N-methyl/N-ethyl adjacent to an activating group) is 1. The maximum atomic E-state index is 14.4. The van der Waals surface area contributed by atoms with Crippen LogP contribution in [0.25, 0.3) is 0 Å². The molecule has 49 heavy (non-hydrogen) atoms. The molecule has 12 nitrogen and oxygen atoms in total. The molecule has 0 fully saturated rings. The Morgan fingerprint density at radius 3 is 2.41 bits per heavy atom. The van der Waals surface area contributed by atoms with E-state index >= 15 is 0 Å². The summed E-state index contributed by atoms with van der Waals surface area (Å²) in [6, 6.07) is 19.1. The number of aliphatic hydroxyl groups is 1. The Morgan fingerprint density at radius 2 is 1.73 bits per heavy atom. The van der Waals surface area contributed by atoms with Gasteiger partial charge >= 0.3 is 6.03 Å². The SMILES string of the molecule is COc1ccc(S(=O)(=O)N(C)C[C@H]2OCCCC[C@H](C)Oc3ccc(NC(=O)Nc4ccccc4)cc3C(=O)N([C@@H](C)CO)C[C@@H]2C)cc1. The molecule has 0 aliphatic carbocycles. The molecule has 4 atom stereocenters.